The van der Waals surface area contributed by atoms with Gasteiger partial charge in [0.1, 0.15) is 6.10 Å². The molecule has 0 amide bonds. The largest absolute Gasteiger partial charge is 0.467 e. The van der Waals surface area contributed by atoms with Crippen LogP contribution < -0.4 is 0 Å². The second-order valence-corrected chi connectivity index (χ2v) is 2.23. The molecule has 0 fully saturated rings. The standard InChI is InChI=1S/C8H11NO/c1-3-4-5-8-9-6-7(2)10-8/h7H,3,6H2,1-2H3/t7-/m0/s1. The summed E-state index contributed by atoms with van der Waals surface area (Å²) in [5.41, 5.74) is 0. The van der Waals surface area contributed by atoms with Gasteiger partial charge in [0, 0.05) is 6.42 Å². The van der Waals surface area contributed by atoms with Crippen molar-refractivity contribution in [3.8, 4) is 11.8 Å². The molecule has 1 heterocycles. The first kappa shape index (κ1) is 7.14. The zero-order valence-corrected chi connectivity index (χ0v) is 6.35. The van der Waals surface area contributed by atoms with Crippen molar-refractivity contribution in [2.75, 3.05) is 6.54 Å². The third-order valence-corrected chi connectivity index (χ3v) is 1.18. The summed E-state index contributed by atoms with van der Waals surface area (Å²) in [5, 5.41) is 0. The van der Waals surface area contributed by atoms with E-state index < -0.39 is 0 Å². The fourth-order valence-electron chi connectivity index (χ4n) is 0.710. The maximum Gasteiger partial charge on any atom is 0.263 e. The quantitative estimate of drug-likeness (QED) is 0.460. The van der Waals surface area contributed by atoms with Gasteiger partial charge in [-0.1, -0.05) is 12.8 Å². The van der Waals surface area contributed by atoms with Crippen LogP contribution in [0.25, 0.3) is 0 Å². The van der Waals surface area contributed by atoms with E-state index in [2.05, 4.69) is 16.8 Å². The van der Waals surface area contributed by atoms with Crippen molar-refractivity contribution >= 4 is 5.90 Å². The Morgan fingerprint density at radius 1 is 1.80 bits per heavy atom. The fraction of sp³-hybridized carbons (Fsp3) is 0.625. The van der Waals surface area contributed by atoms with E-state index in [1.54, 1.807) is 0 Å². The summed E-state index contributed by atoms with van der Waals surface area (Å²) >= 11 is 0. The number of ether oxygens (including phenoxy) is 1. The first-order chi connectivity index (χ1) is 4.83. The molecule has 0 spiro atoms. The van der Waals surface area contributed by atoms with Crippen LogP contribution in [0.5, 0.6) is 0 Å². The summed E-state index contributed by atoms with van der Waals surface area (Å²) in [6.07, 6.45) is 1.08. The van der Waals surface area contributed by atoms with Gasteiger partial charge >= 0.3 is 0 Å². The Kier molecular flexibility index (Phi) is 2.33. The van der Waals surface area contributed by atoms with E-state index in [1.807, 2.05) is 13.8 Å². The Labute approximate surface area is 61.3 Å². The molecule has 2 nitrogen and oxygen atoms in total. The lowest BCUT2D eigenvalue weighted by Crippen LogP contribution is -2.05. The van der Waals surface area contributed by atoms with Gasteiger partial charge in [0.15, 0.2) is 0 Å². The van der Waals surface area contributed by atoms with Gasteiger partial charge < -0.3 is 4.74 Å². The van der Waals surface area contributed by atoms with Gasteiger partial charge in [0.2, 0.25) is 0 Å². The average Bonchev–Trinajstić information content (AvgIpc) is 2.31. The molecule has 0 aromatic rings. The number of rotatable bonds is 0. The zero-order chi connectivity index (χ0) is 7.40. The smallest absolute Gasteiger partial charge is 0.263 e. The Morgan fingerprint density at radius 2 is 2.60 bits per heavy atom. The van der Waals surface area contributed by atoms with Gasteiger partial charge in [-0.3, -0.25) is 0 Å². The van der Waals surface area contributed by atoms with Gasteiger partial charge in [-0.15, -0.1) is 0 Å². The van der Waals surface area contributed by atoms with Crippen molar-refractivity contribution in [3.05, 3.63) is 0 Å². The molecule has 10 heavy (non-hydrogen) atoms. The molecule has 0 aliphatic carbocycles. The third kappa shape index (κ3) is 1.77. The maximum atomic E-state index is 5.24. The molecule has 0 bridgehead atoms. The number of hydrogen-bond acceptors (Lipinski definition) is 2. The lowest BCUT2D eigenvalue weighted by atomic mass is 10.4. The monoisotopic (exact) mass is 137 g/mol. The van der Waals surface area contributed by atoms with Crippen molar-refractivity contribution in [1.29, 1.82) is 0 Å². The molecule has 0 N–H and O–H groups in total. The highest BCUT2D eigenvalue weighted by Crippen LogP contribution is 2.01. The first-order valence-corrected chi connectivity index (χ1v) is 3.53. The van der Waals surface area contributed by atoms with Crippen molar-refractivity contribution in [2.24, 2.45) is 4.99 Å². The van der Waals surface area contributed by atoms with E-state index in [0.717, 1.165) is 13.0 Å². The van der Waals surface area contributed by atoms with E-state index in [4.69, 9.17) is 4.74 Å². The summed E-state index contributed by atoms with van der Waals surface area (Å²) in [4.78, 5) is 4.08. The summed E-state index contributed by atoms with van der Waals surface area (Å²) in [6.45, 7) is 4.75. The molecule has 1 rings (SSSR count). The minimum Gasteiger partial charge on any atom is -0.467 e. The van der Waals surface area contributed by atoms with Gasteiger partial charge in [0.25, 0.3) is 5.90 Å². The lowest BCUT2D eigenvalue weighted by Gasteiger charge is -1.98. The van der Waals surface area contributed by atoms with Crippen molar-refractivity contribution in [2.45, 2.75) is 26.4 Å². The Bertz CT molecular complexity index is 197. The predicted molar refractivity (Wildman–Crippen MR) is 40.9 cm³/mol. The van der Waals surface area contributed by atoms with Crippen molar-refractivity contribution in [1.82, 2.24) is 0 Å². The summed E-state index contributed by atoms with van der Waals surface area (Å²) in [7, 11) is 0. The number of nitrogens with zero attached hydrogens (tertiary/aromatic N) is 1. The van der Waals surface area contributed by atoms with Crippen LogP contribution in [0.2, 0.25) is 0 Å². The van der Waals surface area contributed by atoms with Crippen molar-refractivity contribution in [3.63, 3.8) is 0 Å². The minimum absolute atomic E-state index is 0.223. The first-order valence-electron chi connectivity index (χ1n) is 3.53. The second kappa shape index (κ2) is 3.26. The van der Waals surface area contributed by atoms with Gasteiger partial charge in [0.05, 0.1) is 6.54 Å². The molecule has 0 aromatic heterocycles. The molecule has 1 atom stereocenters. The van der Waals surface area contributed by atoms with Gasteiger partial charge in [-0.25, -0.2) is 4.99 Å². The average molecular weight is 137 g/mol. The van der Waals surface area contributed by atoms with E-state index >= 15 is 0 Å². The molecule has 0 unspecified atom stereocenters. The molecule has 0 aromatic carbocycles. The third-order valence-electron chi connectivity index (χ3n) is 1.18. The van der Waals surface area contributed by atoms with Gasteiger partial charge in [-0.05, 0) is 12.8 Å². The van der Waals surface area contributed by atoms with E-state index in [9.17, 15) is 0 Å². The van der Waals surface area contributed by atoms with Crippen LogP contribution in [-0.2, 0) is 4.74 Å². The van der Waals surface area contributed by atoms with Crippen LogP contribution in [0.1, 0.15) is 20.3 Å². The van der Waals surface area contributed by atoms with E-state index in [-0.39, 0.29) is 6.10 Å². The highest BCUT2D eigenvalue weighted by molar-refractivity contribution is 5.94. The van der Waals surface area contributed by atoms with Crippen LogP contribution >= 0.6 is 0 Å². The van der Waals surface area contributed by atoms with Crippen LogP contribution in [0.4, 0.5) is 0 Å². The molecule has 0 saturated heterocycles. The predicted octanol–water partition coefficient (Wildman–Crippen LogP) is 1.22. The molecule has 0 radical (unpaired) electrons. The molecular formula is C8H11NO. The normalized spacial score (nSPS) is 22.6. The van der Waals surface area contributed by atoms with E-state index in [0.29, 0.717) is 5.90 Å². The molecule has 1 aliphatic heterocycles. The van der Waals surface area contributed by atoms with Crippen LogP contribution in [-0.4, -0.2) is 18.5 Å². The second-order valence-electron chi connectivity index (χ2n) is 2.23. The SMILES string of the molecule is CCC#CC1=NC[C@H](C)O1. The zero-order valence-electron chi connectivity index (χ0n) is 6.35. The molecular weight excluding hydrogens is 126 g/mol. The Morgan fingerprint density at radius 3 is 3.10 bits per heavy atom. The maximum absolute atomic E-state index is 5.24. The fourth-order valence-corrected chi connectivity index (χ4v) is 0.710. The Balaban J connectivity index is 2.44. The number of hydrogen-bond donors (Lipinski definition) is 0. The Hall–Kier alpha value is -0.970. The van der Waals surface area contributed by atoms with E-state index in [1.165, 1.54) is 0 Å². The summed E-state index contributed by atoms with van der Waals surface area (Å²) in [6, 6.07) is 0. The lowest BCUT2D eigenvalue weighted by molar-refractivity contribution is 0.248. The molecule has 54 valence electrons. The van der Waals surface area contributed by atoms with Crippen LogP contribution in [0, 0.1) is 11.8 Å². The highest BCUT2D eigenvalue weighted by atomic mass is 16.5. The van der Waals surface area contributed by atoms with Gasteiger partial charge in [-0.2, -0.15) is 0 Å². The van der Waals surface area contributed by atoms with Crippen molar-refractivity contribution < 1.29 is 4.74 Å². The number of aliphatic imine (C=N–C) groups is 1. The summed E-state index contributed by atoms with van der Waals surface area (Å²) < 4.78 is 5.24. The minimum atomic E-state index is 0.223. The topological polar surface area (TPSA) is 21.6 Å². The molecule has 1 aliphatic rings. The molecule has 2 heteroatoms. The molecule has 0 saturated carbocycles. The highest BCUT2D eigenvalue weighted by Gasteiger charge is 2.11. The summed E-state index contributed by atoms with van der Waals surface area (Å²) in [5.74, 6) is 6.35. The van der Waals surface area contributed by atoms with Crippen LogP contribution in [0.15, 0.2) is 4.99 Å². The van der Waals surface area contributed by atoms with Crippen LogP contribution in [0.3, 0.4) is 0 Å².